The maximum atomic E-state index is 13.3. The van der Waals surface area contributed by atoms with Gasteiger partial charge in [0, 0.05) is 17.3 Å². The van der Waals surface area contributed by atoms with Crippen molar-refractivity contribution in [3.8, 4) is 0 Å². The quantitative estimate of drug-likeness (QED) is 0.715. The predicted molar refractivity (Wildman–Crippen MR) is 59.7 cm³/mol. The van der Waals surface area contributed by atoms with Crippen LogP contribution in [-0.2, 0) is 22.7 Å². The number of benzene rings is 1. The first-order valence-electron chi connectivity index (χ1n) is 4.95. The second kappa shape index (κ2) is 4.15. The van der Waals surface area contributed by atoms with Gasteiger partial charge in [-0.15, -0.1) is 0 Å². The monoisotopic (exact) mass is 364 g/mol. The maximum Gasteiger partial charge on any atom is 0.501 e. The van der Waals surface area contributed by atoms with Crippen LogP contribution in [0.3, 0.4) is 0 Å². The topological polar surface area (TPSA) is 34.1 Å². The van der Waals surface area contributed by atoms with Gasteiger partial charge in [0.05, 0.1) is 4.90 Å². The Bertz CT molecular complexity index is 636. The van der Waals surface area contributed by atoms with Crippen LogP contribution in [0.5, 0.6) is 0 Å². The van der Waals surface area contributed by atoms with Crippen molar-refractivity contribution in [2.24, 2.45) is 0 Å². The highest BCUT2D eigenvalue weighted by atomic mass is 79.9. The largest absolute Gasteiger partial charge is 0.501 e. The number of hydrogen-bond donors (Lipinski definition) is 0. The van der Waals surface area contributed by atoms with Gasteiger partial charge in [0.15, 0.2) is 0 Å². The van der Waals surface area contributed by atoms with Crippen LogP contribution < -0.4 is 0 Å². The lowest BCUT2D eigenvalue weighted by molar-refractivity contribution is -0.0437. The van der Waals surface area contributed by atoms with E-state index in [9.17, 15) is 30.4 Å². The van der Waals surface area contributed by atoms with Crippen LogP contribution in [0.1, 0.15) is 11.1 Å². The van der Waals surface area contributed by atoms with E-state index in [1.54, 1.807) is 0 Å². The number of sulfone groups is 1. The summed E-state index contributed by atoms with van der Waals surface area (Å²) in [6.07, 6.45) is -1.78. The van der Waals surface area contributed by atoms with Gasteiger partial charge in [0.25, 0.3) is 15.8 Å². The van der Waals surface area contributed by atoms with E-state index < -0.39 is 44.6 Å². The Labute approximate surface area is 113 Å². The molecule has 0 atom stereocenters. The van der Waals surface area contributed by atoms with E-state index in [4.69, 9.17) is 0 Å². The maximum absolute atomic E-state index is 13.3. The van der Waals surface area contributed by atoms with E-state index in [2.05, 4.69) is 15.9 Å². The van der Waals surface area contributed by atoms with Crippen molar-refractivity contribution in [2.75, 3.05) is 0 Å². The molecular weight excluding hydrogens is 359 g/mol. The van der Waals surface area contributed by atoms with Crippen LogP contribution in [0, 0.1) is 0 Å². The normalized spacial score (nSPS) is 18.4. The summed E-state index contributed by atoms with van der Waals surface area (Å²) in [5.74, 6) is -3.23. The summed E-state index contributed by atoms with van der Waals surface area (Å²) in [6.45, 7) is 0. The van der Waals surface area contributed by atoms with Gasteiger partial charge < -0.3 is 0 Å². The Hall–Kier alpha value is -0.700. The zero-order valence-corrected chi connectivity index (χ0v) is 11.5. The molecule has 0 aromatic heterocycles. The summed E-state index contributed by atoms with van der Waals surface area (Å²) in [7, 11) is -5.62. The van der Waals surface area contributed by atoms with Gasteiger partial charge in [-0.2, -0.15) is 13.2 Å². The SMILES string of the molecule is O=S(=O)(c1ccc(Br)c2c1CC(F)(F)C2)C(F)(F)F. The van der Waals surface area contributed by atoms with Crippen LogP contribution in [0.4, 0.5) is 22.0 Å². The van der Waals surface area contributed by atoms with E-state index in [-0.39, 0.29) is 10.0 Å². The van der Waals surface area contributed by atoms with Gasteiger partial charge in [-0.3, -0.25) is 0 Å². The van der Waals surface area contributed by atoms with Crippen LogP contribution in [-0.4, -0.2) is 19.8 Å². The smallest absolute Gasteiger partial charge is 0.214 e. The average molecular weight is 365 g/mol. The highest BCUT2D eigenvalue weighted by Crippen LogP contribution is 2.43. The fourth-order valence-corrected chi connectivity index (χ4v) is 3.51. The Morgan fingerprint density at radius 3 is 2.16 bits per heavy atom. The third kappa shape index (κ3) is 2.37. The number of alkyl halides is 5. The lowest BCUT2D eigenvalue weighted by atomic mass is 10.1. The minimum absolute atomic E-state index is 0.0877. The lowest BCUT2D eigenvalue weighted by Crippen LogP contribution is -2.24. The Morgan fingerprint density at radius 1 is 1.11 bits per heavy atom. The molecule has 0 saturated carbocycles. The first-order chi connectivity index (χ1) is 8.46. The summed E-state index contributed by atoms with van der Waals surface area (Å²) in [5.41, 5.74) is -6.06. The lowest BCUT2D eigenvalue weighted by Gasteiger charge is -2.12. The molecule has 0 N–H and O–H groups in total. The minimum atomic E-state index is -5.62. The molecule has 1 aliphatic carbocycles. The van der Waals surface area contributed by atoms with E-state index in [1.165, 1.54) is 0 Å². The first kappa shape index (κ1) is 14.7. The van der Waals surface area contributed by atoms with Gasteiger partial charge in [0.2, 0.25) is 0 Å². The van der Waals surface area contributed by atoms with Crippen LogP contribution in [0.25, 0.3) is 0 Å². The molecule has 0 radical (unpaired) electrons. The second-order valence-electron chi connectivity index (χ2n) is 4.16. The van der Waals surface area contributed by atoms with Crippen LogP contribution in [0.2, 0.25) is 0 Å². The molecule has 2 rings (SSSR count). The van der Waals surface area contributed by atoms with E-state index in [1.807, 2.05) is 0 Å². The van der Waals surface area contributed by atoms with Crippen LogP contribution in [0.15, 0.2) is 21.5 Å². The molecule has 106 valence electrons. The summed E-state index contributed by atoms with van der Waals surface area (Å²) < 4.78 is 86.9. The first-order valence-corrected chi connectivity index (χ1v) is 7.23. The molecule has 0 unspecified atom stereocenters. The molecule has 1 aromatic rings. The number of fused-ring (bicyclic) bond motifs is 1. The third-order valence-electron chi connectivity index (χ3n) is 2.80. The number of hydrogen-bond acceptors (Lipinski definition) is 2. The summed E-state index contributed by atoms with van der Waals surface area (Å²) in [5, 5.41) is 0. The number of rotatable bonds is 1. The zero-order chi connectivity index (χ0) is 14.6. The van der Waals surface area contributed by atoms with Crippen molar-refractivity contribution < 1.29 is 30.4 Å². The van der Waals surface area contributed by atoms with E-state index in [0.717, 1.165) is 6.07 Å². The summed E-state index contributed by atoms with van der Waals surface area (Å²) in [4.78, 5) is -1.09. The van der Waals surface area contributed by atoms with E-state index in [0.29, 0.717) is 6.07 Å². The molecule has 0 heterocycles. The molecule has 0 amide bonds. The molecule has 0 saturated heterocycles. The molecule has 1 aliphatic rings. The van der Waals surface area contributed by atoms with Gasteiger partial charge in [-0.25, -0.2) is 17.2 Å². The second-order valence-corrected chi connectivity index (χ2v) is 6.93. The van der Waals surface area contributed by atoms with Crippen molar-refractivity contribution in [3.05, 3.63) is 27.7 Å². The molecule has 19 heavy (non-hydrogen) atoms. The highest BCUT2D eigenvalue weighted by molar-refractivity contribution is 9.10. The van der Waals surface area contributed by atoms with Crippen LogP contribution >= 0.6 is 15.9 Å². The van der Waals surface area contributed by atoms with Crippen molar-refractivity contribution in [1.29, 1.82) is 0 Å². The minimum Gasteiger partial charge on any atom is -0.214 e. The van der Waals surface area contributed by atoms with Gasteiger partial charge in [-0.05, 0) is 23.3 Å². The fraction of sp³-hybridized carbons (Fsp3) is 0.400. The predicted octanol–water partition coefficient (Wildman–Crippen LogP) is 3.48. The van der Waals surface area contributed by atoms with Crippen molar-refractivity contribution in [1.82, 2.24) is 0 Å². The standard InChI is InChI=1S/C10H6BrF5O2S/c11-7-1-2-8(19(17,18)10(14,15)16)6-4-9(12,13)3-5(6)7/h1-2H,3-4H2. The molecule has 0 spiro atoms. The number of halogens is 6. The van der Waals surface area contributed by atoms with Crippen molar-refractivity contribution in [3.63, 3.8) is 0 Å². The highest BCUT2D eigenvalue weighted by Gasteiger charge is 2.50. The molecule has 0 bridgehead atoms. The molecular formula is C10H6BrF5O2S. The zero-order valence-electron chi connectivity index (χ0n) is 9.06. The van der Waals surface area contributed by atoms with Gasteiger partial charge in [-0.1, -0.05) is 15.9 Å². The van der Waals surface area contributed by atoms with Crippen molar-refractivity contribution >= 4 is 25.8 Å². The Kier molecular flexibility index (Phi) is 3.21. The molecule has 0 aliphatic heterocycles. The van der Waals surface area contributed by atoms with Gasteiger partial charge in [0.1, 0.15) is 0 Å². The summed E-state index contributed by atoms with van der Waals surface area (Å²) in [6, 6.07) is 1.74. The molecule has 0 fully saturated rings. The Balaban J connectivity index is 2.69. The molecule has 9 heteroatoms. The van der Waals surface area contributed by atoms with Gasteiger partial charge >= 0.3 is 5.51 Å². The molecule has 1 aromatic carbocycles. The fourth-order valence-electron chi connectivity index (χ4n) is 1.98. The summed E-state index contributed by atoms with van der Waals surface area (Å²) >= 11 is 2.94. The van der Waals surface area contributed by atoms with Crippen molar-refractivity contribution in [2.45, 2.75) is 29.2 Å². The third-order valence-corrected chi connectivity index (χ3v) is 5.11. The Morgan fingerprint density at radius 2 is 1.63 bits per heavy atom. The average Bonchev–Trinajstić information content (AvgIpc) is 2.52. The molecule has 2 nitrogen and oxygen atoms in total. The van der Waals surface area contributed by atoms with E-state index >= 15 is 0 Å².